The maximum Gasteiger partial charge on any atom is 0.163 e. The lowest BCUT2D eigenvalue weighted by atomic mass is 10.2. The van der Waals surface area contributed by atoms with Gasteiger partial charge >= 0.3 is 0 Å². The lowest BCUT2D eigenvalue weighted by Gasteiger charge is -2.21. The predicted octanol–water partition coefficient (Wildman–Crippen LogP) is 4.80. The van der Waals surface area contributed by atoms with E-state index in [0.717, 1.165) is 42.2 Å². The summed E-state index contributed by atoms with van der Waals surface area (Å²) in [4.78, 5) is 11.2. The van der Waals surface area contributed by atoms with Crippen molar-refractivity contribution in [3.8, 4) is 0 Å². The fourth-order valence-electron chi connectivity index (χ4n) is 3.18. The monoisotopic (exact) mass is 338 g/mol. The van der Waals surface area contributed by atoms with Crippen molar-refractivity contribution in [3.05, 3.63) is 48.9 Å². The lowest BCUT2D eigenvalue weighted by Crippen LogP contribution is -2.15. The summed E-state index contributed by atoms with van der Waals surface area (Å²) in [5.41, 5.74) is 2.67. The van der Waals surface area contributed by atoms with Gasteiger partial charge in [-0.05, 0) is 38.3 Å². The van der Waals surface area contributed by atoms with Crippen molar-refractivity contribution >= 4 is 23.4 Å². The van der Waals surface area contributed by atoms with Gasteiger partial charge in [-0.15, -0.1) is 0 Å². The van der Waals surface area contributed by atoms with Crippen LogP contribution < -0.4 is 4.90 Å². The normalized spacial score (nSPS) is 20.3. The topological polar surface area (TPSA) is 42.6 Å². The molecule has 2 aromatic rings. The second-order valence-corrected chi connectivity index (χ2v) is 6.25. The van der Waals surface area contributed by atoms with Crippen LogP contribution in [0.25, 0.3) is 5.70 Å². The summed E-state index contributed by atoms with van der Waals surface area (Å²) < 4.78 is 8.16. The van der Waals surface area contributed by atoms with Crippen molar-refractivity contribution < 1.29 is 4.74 Å². The molecule has 5 heteroatoms. The van der Waals surface area contributed by atoms with Crippen molar-refractivity contribution in [2.45, 2.75) is 45.4 Å². The van der Waals surface area contributed by atoms with Gasteiger partial charge in [0.05, 0.1) is 18.1 Å². The Morgan fingerprint density at radius 2 is 2.16 bits per heavy atom. The maximum absolute atomic E-state index is 6.13. The fourth-order valence-corrected chi connectivity index (χ4v) is 3.18. The molecular weight excluding hydrogens is 312 g/mol. The SMILES string of the molecule is C=C(c1ncn(C2CCC(CC)O2)c1/N=C\C)N(C)c1ccccc1. The number of nitrogens with zero attached hydrogens (tertiary/aromatic N) is 4. The summed E-state index contributed by atoms with van der Waals surface area (Å²) in [5.74, 6) is 0.803. The molecule has 2 atom stereocenters. The first-order valence-corrected chi connectivity index (χ1v) is 8.84. The molecule has 1 fully saturated rings. The Hall–Kier alpha value is -2.40. The summed E-state index contributed by atoms with van der Waals surface area (Å²) in [5, 5.41) is 0. The van der Waals surface area contributed by atoms with Crippen LogP contribution in [0.2, 0.25) is 0 Å². The van der Waals surface area contributed by atoms with Gasteiger partial charge in [0, 0.05) is 18.9 Å². The molecule has 1 saturated heterocycles. The molecule has 1 aromatic carbocycles. The largest absolute Gasteiger partial charge is 0.355 e. The molecule has 132 valence electrons. The van der Waals surface area contributed by atoms with Gasteiger partial charge in [0.25, 0.3) is 0 Å². The predicted molar refractivity (Wildman–Crippen MR) is 103 cm³/mol. The molecule has 0 aliphatic carbocycles. The van der Waals surface area contributed by atoms with E-state index in [-0.39, 0.29) is 6.23 Å². The molecule has 25 heavy (non-hydrogen) atoms. The number of anilines is 1. The first kappa shape index (κ1) is 17.4. The van der Waals surface area contributed by atoms with Gasteiger partial charge in [-0.3, -0.25) is 4.57 Å². The highest BCUT2D eigenvalue weighted by atomic mass is 16.5. The van der Waals surface area contributed by atoms with Crippen LogP contribution in [-0.4, -0.2) is 28.9 Å². The maximum atomic E-state index is 6.13. The van der Waals surface area contributed by atoms with Crippen molar-refractivity contribution in [2.75, 3.05) is 11.9 Å². The number of benzene rings is 1. The first-order valence-electron chi connectivity index (χ1n) is 8.84. The molecule has 1 aromatic heterocycles. The van der Waals surface area contributed by atoms with Gasteiger partial charge in [-0.1, -0.05) is 31.7 Å². The second-order valence-electron chi connectivity index (χ2n) is 6.25. The van der Waals surface area contributed by atoms with Gasteiger partial charge in [-0.2, -0.15) is 0 Å². The average molecular weight is 338 g/mol. The van der Waals surface area contributed by atoms with Crippen molar-refractivity contribution in [2.24, 2.45) is 4.99 Å². The van der Waals surface area contributed by atoms with Crippen LogP contribution in [0.15, 0.2) is 48.2 Å². The quantitative estimate of drug-likeness (QED) is 0.711. The number of hydrogen-bond acceptors (Lipinski definition) is 4. The number of hydrogen-bond donors (Lipinski definition) is 0. The van der Waals surface area contributed by atoms with Crippen LogP contribution in [0.3, 0.4) is 0 Å². The number of imidazole rings is 1. The van der Waals surface area contributed by atoms with E-state index in [1.807, 2.05) is 48.0 Å². The fraction of sp³-hybridized carbons (Fsp3) is 0.400. The minimum absolute atomic E-state index is 0.000249. The molecule has 1 aliphatic heterocycles. The van der Waals surface area contributed by atoms with Crippen LogP contribution in [0.5, 0.6) is 0 Å². The summed E-state index contributed by atoms with van der Waals surface area (Å²) in [6, 6.07) is 10.1. The molecule has 2 heterocycles. The lowest BCUT2D eigenvalue weighted by molar-refractivity contribution is 0.00181. The van der Waals surface area contributed by atoms with Crippen LogP contribution >= 0.6 is 0 Å². The Morgan fingerprint density at radius 1 is 1.40 bits per heavy atom. The Kier molecular flexibility index (Phi) is 5.34. The molecular formula is C20H26N4O. The Labute approximate surface area is 149 Å². The molecule has 0 saturated carbocycles. The van der Waals surface area contributed by atoms with Crippen molar-refractivity contribution in [1.29, 1.82) is 0 Å². The van der Waals surface area contributed by atoms with Crippen LogP contribution in [0.4, 0.5) is 11.5 Å². The number of para-hydroxylation sites is 1. The molecule has 0 amide bonds. The molecule has 0 N–H and O–H groups in total. The van der Waals surface area contributed by atoms with E-state index < -0.39 is 0 Å². The highest BCUT2D eigenvalue weighted by Gasteiger charge is 2.28. The van der Waals surface area contributed by atoms with Crippen LogP contribution in [-0.2, 0) is 4.74 Å². The van der Waals surface area contributed by atoms with Crippen molar-refractivity contribution in [1.82, 2.24) is 9.55 Å². The van der Waals surface area contributed by atoms with E-state index in [2.05, 4.69) is 35.6 Å². The smallest absolute Gasteiger partial charge is 0.163 e. The average Bonchev–Trinajstić information content (AvgIpc) is 3.28. The molecule has 3 rings (SSSR count). The van der Waals surface area contributed by atoms with E-state index in [0.29, 0.717) is 6.10 Å². The Balaban J connectivity index is 1.90. The molecule has 5 nitrogen and oxygen atoms in total. The van der Waals surface area contributed by atoms with Crippen LogP contribution in [0.1, 0.15) is 45.0 Å². The molecule has 2 unspecified atom stereocenters. The van der Waals surface area contributed by atoms with E-state index in [1.165, 1.54) is 0 Å². The molecule has 0 spiro atoms. The number of aliphatic imine (C=N–C) groups is 1. The second kappa shape index (κ2) is 7.66. The summed E-state index contributed by atoms with van der Waals surface area (Å²) in [6.07, 6.45) is 7.04. The minimum atomic E-state index is -0.000249. The highest BCUT2D eigenvalue weighted by Crippen LogP contribution is 2.36. The van der Waals surface area contributed by atoms with Gasteiger partial charge in [0.15, 0.2) is 5.82 Å². The highest BCUT2D eigenvalue weighted by molar-refractivity contribution is 5.81. The third-order valence-electron chi connectivity index (χ3n) is 4.69. The van der Waals surface area contributed by atoms with E-state index in [4.69, 9.17) is 4.74 Å². The summed E-state index contributed by atoms with van der Waals surface area (Å²) >= 11 is 0. The van der Waals surface area contributed by atoms with E-state index in [9.17, 15) is 0 Å². The first-order chi connectivity index (χ1) is 12.2. The Morgan fingerprint density at radius 3 is 2.80 bits per heavy atom. The third-order valence-corrected chi connectivity index (χ3v) is 4.69. The van der Waals surface area contributed by atoms with Gasteiger partial charge in [-0.25, -0.2) is 9.98 Å². The third kappa shape index (κ3) is 3.51. The van der Waals surface area contributed by atoms with E-state index in [1.54, 1.807) is 6.21 Å². The molecule has 0 radical (unpaired) electrons. The minimum Gasteiger partial charge on any atom is -0.355 e. The molecule has 1 aliphatic rings. The number of aromatic nitrogens is 2. The number of ether oxygens (including phenoxy) is 1. The zero-order chi connectivity index (χ0) is 17.8. The van der Waals surface area contributed by atoms with Gasteiger partial charge in [0.1, 0.15) is 11.9 Å². The van der Waals surface area contributed by atoms with E-state index >= 15 is 0 Å². The standard InChI is InChI=1S/C20H26N4O/c1-5-17-12-13-18(25-17)24-14-22-19(20(24)21-6-2)15(3)23(4)16-10-8-7-9-11-16/h6-11,14,17-18H,3,5,12-13H2,1-2,4H3/b21-6-. The summed E-state index contributed by atoms with van der Waals surface area (Å²) in [7, 11) is 2.00. The number of rotatable bonds is 6. The van der Waals surface area contributed by atoms with Gasteiger partial charge in [0.2, 0.25) is 0 Å². The zero-order valence-electron chi connectivity index (χ0n) is 15.2. The molecule has 0 bridgehead atoms. The zero-order valence-corrected chi connectivity index (χ0v) is 15.2. The summed E-state index contributed by atoms with van der Waals surface area (Å²) in [6.45, 7) is 8.32. The van der Waals surface area contributed by atoms with Gasteiger partial charge < -0.3 is 9.64 Å². The van der Waals surface area contributed by atoms with Crippen LogP contribution in [0, 0.1) is 0 Å². The van der Waals surface area contributed by atoms with Crippen molar-refractivity contribution in [3.63, 3.8) is 0 Å². The Bertz CT molecular complexity index is 750.